The lowest BCUT2D eigenvalue weighted by Crippen LogP contribution is -2.37. The fourth-order valence-electron chi connectivity index (χ4n) is 2.80. The molecule has 0 spiro atoms. The number of hydrogen-bond donors (Lipinski definition) is 0. The number of likely N-dealkylation sites (N-methyl/N-ethyl adjacent to an activating group) is 1. The molecule has 0 saturated carbocycles. The lowest BCUT2D eigenvalue weighted by Gasteiger charge is -2.24. The summed E-state index contributed by atoms with van der Waals surface area (Å²) >= 11 is 0. The average Bonchev–Trinajstić information content (AvgIpc) is 3.21. The molecule has 0 fully saturated rings. The number of pyridine rings is 1. The first-order chi connectivity index (χ1) is 13.1. The van der Waals surface area contributed by atoms with Crippen molar-refractivity contribution in [2.24, 2.45) is 0 Å². The summed E-state index contributed by atoms with van der Waals surface area (Å²) in [6.45, 7) is 2.09. The second kappa shape index (κ2) is 9.09. The van der Waals surface area contributed by atoms with Crippen molar-refractivity contribution in [3.63, 3.8) is 0 Å². The first kappa shape index (κ1) is 18.8. The highest BCUT2D eigenvalue weighted by molar-refractivity contribution is 5.78. The van der Waals surface area contributed by atoms with Gasteiger partial charge >= 0.3 is 0 Å². The summed E-state index contributed by atoms with van der Waals surface area (Å²) in [5, 5.41) is 4.22. The zero-order chi connectivity index (χ0) is 19.1. The molecule has 0 aliphatic heterocycles. The Morgan fingerprint density at radius 2 is 1.81 bits per heavy atom. The molecule has 0 N–H and O–H groups in total. The Hall–Kier alpha value is -2.99. The van der Waals surface area contributed by atoms with Gasteiger partial charge in [0.25, 0.3) is 0 Å². The Morgan fingerprint density at radius 1 is 1.00 bits per heavy atom. The van der Waals surface area contributed by atoms with Crippen LogP contribution in [0.3, 0.4) is 0 Å². The van der Waals surface area contributed by atoms with E-state index in [9.17, 15) is 4.79 Å². The summed E-state index contributed by atoms with van der Waals surface area (Å²) in [5.74, 6) is 0.118. The van der Waals surface area contributed by atoms with Gasteiger partial charge in [-0.25, -0.2) is 4.68 Å². The van der Waals surface area contributed by atoms with Crippen LogP contribution in [-0.4, -0.2) is 57.7 Å². The van der Waals surface area contributed by atoms with Crippen LogP contribution in [0, 0.1) is 0 Å². The standard InChI is InChI=1S/C21H25N5O/c1-24(2)13-14-25(17-19-5-3-10-22-16-19)21(27)15-18-6-8-20(9-7-18)26-12-4-11-23-26/h3-12,16H,13-15,17H2,1-2H3. The van der Waals surface area contributed by atoms with Gasteiger partial charge in [0.2, 0.25) is 5.91 Å². The minimum atomic E-state index is 0.118. The molecule has 0 atom stereocenters. The molecule has 140 valence electrons. The maximum absolute atomic E-state index is 12.9. The minimum absolute atomic E-state index is 0.118. The van der Waals surface area contributed by atoms with Gasteiger partial charge in [0.05, 0.1) is 12.1 Å². The Kier molecular flexibility index (Phi) is 6.33. The van der Waals surface area contributed by atoms with Crippen LogP contribution in [0.2, 0.25) is 0 Å². The molecule has 0 unspecified atom stereocenters. The number of carbonyl (C=O) groups excluding carboxylic acids is 1. The summed E-state index contributed by atoms with van der Waals surface area (Å²) in [6, 6.07) is 13.7. The third-order valence-corrected chi connectivity index (χ3v) is 4.33. The maximum Gasteiger partial charge on any atom is 0.227 e. The molecule has 3 rings (SSSR count). The van der Waals surface area contributed by atoms with Crippen LogP contribution in [0.15, 0.2) is 67.3 Å². The van der Waals surface area contributed by atoms with Gasteiger partial charge in [-0.05, 0) is 49.5 Å². The van der Waals surface area contributed by atoms with E-state index in [0.29, 0.717) is 19.5 Å². The quantitative estimate of drug-likeness (QED) is 0.617. The number of benzene rings is 1. The van der Waals surface area contributed by atoms with Crippen molar-refractivity contribution in [1.29, 1.82) is 0 Å². The molecule has 2 heterocycles. The minimum Gasteiger partial charge on any atom is -0.337 e. The molecule has 2 aromatic heterocycles. The maximum atomic E-state index is 12.9. The molecule has 6 heteroatoms. The fourth-order valence-corrected chi connectivity index (χ4v) is 2.80. The zero-order valence-corrected chi connectivity index (χ0v) is 15.8. The highest BCUT2D eigenvalue weighted by atomic mass is 16.2. The molecule has 27 heavy (non-hydrogen) atoms. The van der Waals surface area contributed by atoms with Crippen molar-refractivity contribution in [2.75, 3.05) is 27.2 Å². The fraction of sp³-hybridized carbons (Fsp3) is 0.286. The smallest absolute Gasteiger partial charge is 0.227 e. The highest BCUT2D eigenvalue weighted by Gasteiger charge is 2.15. The van der Waals surface area contributed by atoms with Crippen molar-refractivity contribution in [3.05, 3.63) is 78.4 Å². The van der Waals surface area contributed by atoms with Gasteiger partial charge in [-0.2, -0.15) is 5.10 Å². The summed E-state index contributed by atoms with van der Waals surface area (Å²) < 4.78 is 1.80. The molecule has 0 saturated heterocycles. The normalized spacial score (nSPS) is 10.9. The Balaban J connectivity index is 1.67. The lowest BCUT2D eigenvalue weighted by atomic mass is 10.1. The van der Waals surface area contributed by atoms with Crippen LogP contribution >= 0.6 is 0 Å². The molecule has 0 aliphatic rings. The van der Waals surface area contributed by atoms with Gasteiger partial charge < -0.3 is 9.80 Å². The van der Waals surface area contributed by atoms with Crippen LogP contribution < -0.4 is 0 Å². The molecule has 1 aromatic carbocycles. The summed E-state index contributed by atoms with van der Waals surface area (Å²) in [7, 11) is 4.03. The van der Waals surface area contributed by atoms with Crippen LogP contribution in [0.4, 0.5) is 0 Å². The predicted octanol–water partition coefficient (Wildman–Crippen LogP) is 2.40. The average molecular weight is 363 g/mol. The summed E-state index contributed by atoms with van der Waals surface area (Å²) in [5.41, 5.74) is 3.02. The van der Waals surface area contributed by atoms with E-state index < -0.39 is 0 Å². The molecular weight excluding hydrogens is 338 g/mol. The number of aromatic nitrogens is 3. The number of rotatable bonds is 8. The van der Waals surface area contributed by atoms with Crippen molar-refractivity contribution in [2.45, 2.75) is 13.0 Å². The topological polar surface area (TPSA) is 54.3 Å². The van der Waals surface area contributed by atoms with Gasteiger partial charge in [0, 0.05) is 44.4 Å². The first-order valence-electron chi connectivity index (χ1n) is 9.02. The van der Waals surface area contributed by atoms with Gasteiger partial charge in [-0.3, -0.25) is 9.78 Å². The molecule has 0 radical (unpaired) electrons. The van der Waals surface area contributed by atoms with Crippen molar-refractivity contribution < 1.29 is 4.79 Å². The van der Waals surface area contributed by atoms with Gasteiger partial charge in [0.1, 0.15) is 0 Å². The Labute approximate surface area is 160 Å². The van der Waals surface area contributed by atoms with Crippen LogP contribution in [0.5, 0.6) is 0 Å². The predicted molar refractivity (Wildman–Crippen MR) is 105 cm³/mol. The number of carbonyl (C=O) groups is 1. The van der Waals surface area contributed by atoms with E-state index in [1.165, 1.54) is 0 Å². The van der Waals surface area contributed by atoms with Gasteiger partial charge in [-0.15, -0.1) is 0 Å². The first-order valence-corrected chi connectivity index (χ1v) is 9.02. The summed E-state index contributed by atoms with van der Waals surface area (Å²) in [4.78, 5) is 21.1. The SMILES string of the molecule is CN(C)CCN(Cc1cccnc1)C(=O)Cc1ccc(-n2cccn2)cc1. The van der Waals surface area contributed by atoms with E-state index in [1.807, 2.05) is 73.9 Å². The van der Waals surface area contributed by atoms with Crippen molar-refractivity contribution in [1.82, 2.24) is 24.6 Å². The third-order valence-electron chi connectivity index (χ3n) is 4.33. The number of amides is 1. The van der Waals surface area contributed by atoms with Gasteiger partial charge in [0.15, 0.2) is 0 Å². The lowest BCUT2D eigenvalue weighted by molar-refractivity contribution is -0.131. The number of hydrogen-bond acceptors (Lipinski definition) is 4. The molecule has 0 aliphatic carbocycles. The van der Waals surface area contributed by atoms with Crippen molar-refractivity contribution in [3.8, 4) is 5.69 Å². The largest absolute Gasteiger partial charge is 0.337 e. The van der Waals surface area contributed by atoms with E-state index in [1.54, 1.807) is 17.1 Å². The zero-order valence-electron chi connectivity index (χ0n) is 15.8. The van der Waals surface area contributed by atoms with E-state index >= 15 is 0 Å². The van der Waals surface area contributed by atoms with Crippen LogP contribution in [0.25, 0.3) is 5.69 Å². The third kappa shape index (κ3) is 5.49. The van der Waals surface area contributed by atoms with E-state index in [2.05, 4.69) is 15.0 Å². The Morgan fingerprint density at radius 3 is 2.44 bits per heavy atom. The second-order valence-electron chi connectivity index (χ2n) is 6.77. The van der Waals surface area contributed by atoms with E-state index in [0.717, 1.165) is 23.4 Å². The Bertz CT molecular complexity index is 829. The van der Waals surface area contributed by atoms with E-state index in [-0.39, 0.29) is 5.91 Å². The summed E-state index contributed by atoms with van der Waals surface area (Å²) in [6.07, 6.45) is 7.59. The molecule has 6 nitrogen and oxygen atoms in total. The van der Waals surface area contributed by atoms with E-state index in [4.69, 9.17) is 0 Å². The highest BCUT2D eigenvalue weighted by Crippen LogP contribution is 2.11. The monoisotopic (exact) mass is 363 g/mol. The molecule has 1 amide bonds. The second-order valence-corrected chi connectivity index (χ2v) is 6.77. The molecule has 0 bridgehead atoms. The van der Waals surface area contributed by atoms with Gasteiger partial charge in [-0.1, -0.05) is 18.2 Å². The van der Waals surface area contributed by atoms with Crippen molar-refractivity contribution >= 4 is 5.91 Å². The molecular formula is C21H25N5O. The van der Waals surface area contributed by atoms with Crippen LogP contribution in [-0.2, 0) is 17.8 Å². The molecule has 3 aromatic rings. The number of nitrogens with zero attached hydrogens (tertiary/aromatic N) is 5. The van der Waals surface area contributed by atoms with Crippen LogP contribution in [0.1, 0.15) is 11.1 Å².